The standard InChI is InChI=1S/C15H17NO2S/c1-11-3-5-12(6-4-11)13-7-8-14(19-13)15(17)16-9-10-18-2/h3-8H,9-10H2,1-2H3,(H,16,17). The van der Waals surface area contributed by atoms with Crippen LogP contribution < -0.4 is 5.32 Å². The van der Waals surface area contributed by atoms with E-state index in [4.69, 9.17) is 4.74 Å². The number of ether oxygens (including phenoxy) is 1. The number of methoxy groups -OCH3 is 1. The summed E-state index contributed by atoms with van der Waals surface area (Å²) < 4.78 is 4.90. The highest BCUT2D eigenvalue weighted by Gasteiger charge is 2.09. The van der Waals surface area contributed by atoms with Crippen molar-refractivity contribution >= 4 is 17.2 Å². The van der Waals surface area contributed by atoms with Crippen LogP contribution in [0.1, 0.15) is 15.2 Å². The number of amides is 1. The minimum absolute atomic E-state index is 0.0413. The Morgan fingerprint density at radius 2 is 1.95 bits per heavy atom. The van der Waals surface area contributed by atoms with Crippen molar-refractivity contribution in [3.8, 4) is 10.4 Å². The van der Waals surface area contributed by atoms with E-state index in [2.05, 4.69) is 36.5 Å². The molecule has 1 N–H and O–H groups in total. The molecule has 0 saturated carbocycles. The Morgan fingerprint density at radius 1 is 1.21 bits per heavy atom. The fourth-order valence-electron chi connectivity index (χ4n) is 1.69. The van der Waals surface area contributed by atoms with E-state index < -0.39 is 0 Å². The zero-order chi connectivity index (χ0) is 13.7. The summed E-state index contributed by atoms with van der Waals surface area (Å²) >= 11 is 1.51. The quantitative estimate of drug-likeness (QED) is 0.852. The van der Waals surface area contributed by atoms with Crippen LogP contribution in [-0.2, 0) is 4.74 Å². The van der Waals surface area contributed by atoms with E-state index in [1.807, 2.05) is 12.1 Å². The number of hydrogen-bond acceptors (Lipinski definition) is 3. The van der Waals surface area contributed by atoms with Crippen molar-refractivity contribution < 1.29 is 9.53 Å². The summed E-state index contributed by atoms with van der Waals surface area (Å²) in [5.74, 6) is -0.0413. The third-order valence-corrected chi connectivity index (χ3v) is 3.89. The summed E-state index contributed by atoms with van der Waals surface area (Å²) in [6.07, 6.45) is 0. The Hall–Kier alpha value is -1.65. The van der Waals surface area contributed by atoms with Crippen LogP contribution in [-0.4, -0.2) is 26.2 Å². The molecule has 0 fully saturated rings. The Kier molecular flexibility index (Phi) is 4.71. The lowest BCUT2D eigenvalue weighted by molar-refractivity contribution is 0.0941. The van der Waals surface area contributed by atoms with Gasteiger partial charge >= 0.3 is 0 Å². The van der Waals surface area contributed by atoms with Gasteiger partial charge in [-0.2, -0.15) is 0 Å². The Bertz CT molecular complexity index is 546. The monoisotopic (exact) mass is 275 g/mol. The van der Waals surface area contributed by atoms with Gasteiger partial charge in [0.25, 0.3) is 5.91 Å². The summed E-state index contributed by atoms with van der Waals surface area (Å²) in [5, 5.41) is 2.82. The summed E-state index contributed by atoms with van der Waals surface area (Å²) in [6.45, 7) is 3.13. The van der Waals surface area contributed by atoms with E-state index in [-0.39, 0.29) is 5.91 Å². The molecule has 19 heavy (non-hydrogen) atoms. The molecule has 1 amide bonds. The highest BCUT2D eigenvalue weighted by Crippen LogP contribution is 2.28. The van der Waals surface area contributed by atoms with E-state index in [1.165, 1.54) is 16.9 Å². The van der Waals surface area contributed by atoms with Crippen LogP contribution in [0.5, 0.6) is 0 Å². The van der Waals surface area contributed by atoms with Gasteiger partial charge in [0.1, 0.15) is 0 Å². The minimum atomic E-state index is -0.0413. The predicted molar refractivity (Wildman–Crippen MR) is 78.7 cm³/mol. The van der Waals surface area contributed by atoms with Gasteiger partial charge < -0.3 is 10.1 Å². The molecule has 0 bridgehead atoms. The first-order valence-electron chi connectivity index (χ1n) is 6.14. The van der Waals surface area contributed by atoms with Crippen LogP contribution in [0.4, 0.5) is 0 Å². The number of rotatable bonds is 5. The first-order valence-corrected chi connectivity index (χ1v) is 6.96. The summed E-state index contributed by atoms with van der Waals surface area (Å²) in [5.41, 5.74) is 2.38. The van der Waals surface area contributed by atoms with Crippen LogP contribution in [0.2, 0.25) is 0 Å². The number of carbonyl (C=O) groups is 1. The fourth-order valence-corrected chi connectivity index (χ4v) is 2.61. The van der Waals surface area contributed by atoms with Crippen LogP contribution in [0.15, 0.2) is 36.4 Å². The van der Waals surface area contributed by atoms with E-state index >= 15 is 0 Å². The molecular weight excluding hydrogens is 258 g/mol. The van der Waals surface area contributed by atoms with Gasteiger partial charge in [0.2, 0.25) is 0 Å². The summed E-state index contributed by atoms with van der Waals surface area (Å²) in [6, 6.07) is 12.2. The van der Waals surface area contributed by atoms with Gasteiger partial charge in [0, 0.05) is 18.5 Å². The topological polar surface area (TPSA) is 38.3 Å². The molecule has 100 valence electrons. The maximum atomic E-state index is 11.9. The molecular formula is C15H17NO2S. The average molecular weight is 275 g/mol. The molecule has 0 aliphatic carbocycles. The van der Waals surface area contributed by atoms with Crippen molar-refractivity contribution in [3.05, 3.63) is 46.8 Å². The van der Waals surface area contributed by atoms with Crippen molar-refractivity contribution in [2.45, 2.75) is 6.92 Å². The van der Waals surface area contributed by atoms with Crippen LogP contribution >= 0.6 is 11.3 Å². The highest BCUT2D eigenvalue weighted by atomic mass is 32.1. The predicted octanol–water partition coefficient (Wildman–Crippen LogP) is 3.10. The number of thiophene rings is 1. The molecule has 1 heterocycles. The first kappa shape index (κ1) is 13.8. The zero-order valence-corrected chi connectivity index (χ0v) is 11.9. The van der Waals surface area contributed by atoms with Crippen molar-refractivity contribution in [1.29, 1.82) is 0 Å². The summed E-state index contributed by atoms with van der Waals surface area (Å²) in [7, 11) is 1.62. The molecule has 0 aliphatic heterocycles. The molecule has 0 unspecified atom stereocenters. The van der Waals surface area contributed by atoms with Gasteiger partial charge in [-0.15, -0.1) is 11.3 Å². The van der Waals surface area contributed by atoms with Crippen molar-refractivity contribution in [2.75, 3.05) is 20.3 Å². The smallest absolute Gasteiger partial charge is 0.261 e. The van der Waals surface area contributed by atoms with Gasteiger partial charge in [0.15, 0.2) is 0 Å². The van der Waals surface area contributed by atoms with Crippen molar-refractivity contribution in [1.82, 2.24) is 5.32 Å². The second-order valence-electron chi connectivity index (χ2n) is 4.28. The molecule has 2 aromatic rings. The Morgan fingerprint density at radius 3 is 2.63 bits per heavy atom. The van der Waals surface area contributed by atoms with Crippen LogP contribution in [0, 0.1) is 6.92 Å². The molecule has 4 heteroatoms. The van der Waals surface area contributed by atoms with E-state index in [0.29, 0.717) is 13.2 Å². The molecule has 0 spiro atoms. The third-order valence-electron chi connectivity index (χ3n) is 2.76. The molecule has 3 nitrogen and oxygen atoms in total. The maximum absolute atomic E-state index is 11.9. The minimum Gasteiger partial charge on any atom is -0.383 e. The van der Waals surface area contributed by atoms with E-state index in [1.54, 1.807) is 7.11 Å². The van der Waals surface area contributed by atoms with Gasteiger partial charge in [-0.3, -0.25) is 4.79 Å². The Labute approximate surface area is 117 Å². The van der Waals surface area contributed by atoms with Crippen molar-refractivity contribution in [2.24, 2.45) is 0 Å². The number of carbonyl (C=O) groups excluding carboxylic acids is 1. The Balaban J connectivity index is 2.06. The molecule has 0 saturated heterocycles. The fraction of sp³-hybridized carbons (Fsp3) is 0.267. The second kappa shape index (κ2) is 6.50. The first-order chi connectivity index (χ1) is 9.20. The molecule has 0 aliphatic rings. The van der Waals surface area contributed by atoms with E-state index in [0.717, 1.165) is 15.3 Å². The number of aryl methyl sites for hydroxylation is 1. The zero-order valence-electron chi connectivity index (χ0n) is 11.1. The van der Waals surface area contributed by atoms with Gasteiger partial charge in [-0.1, -0.05) is 29.8 Å². The normalized spacial score (nSPS) is 10.4. The lowest BCUT2D eigenvalue weighted by Gasteiger charge is -2.01. The molecule has 0 radical (unpaired) electrons. The average Bonchev–Trinajstić information content (AvgIpc) is 2.89. The number of nitrogens with one attached hydrogen (secondary N) is 1. The highest BCUT2D eigenvalue weighted by molar-refractivity contribution is 7.17. The van der Waals surface area contributed by atoms with Crippen LogP contribution in [0.3, 0.4) is 0 Å². The van der Waals surface area contributed by atoms with E-state index in [9.17, 15) is 4.79 Å². The number of benzene rings is 1. The van der Waals surface area contributed by atoms with Gasteiger partial charge in [0.05, 0.1) is 11.5 Å². The molecule has 0 atom stereocenters. The molecule has 1 aromatic heterocycles. The molecule has 2 rings (SSSR count). The number of hydrogen-bond donors (Lipinski definition) is 1. The molecule has 1 aromatic carbocycles. The largest absolute Gasteiger partial charge is 0.383 e. The van der Waals surface area contributed by atoms with Gasteiger partial charge in [-0.05, 0) is 24.6 Å². The third kappa shape index (κ3) is 3.66. The maximum Gasteiger partial charge on any atom is 0.261 e. The summed E-state index contributed by atoms with van der Waals surface area (Å²) in [4.78, 5) is 13.7. The SMILES string of the molecule is COCCNC(=O)c1ccc(-c2ccc(C)cc2)s1. The lowest BCUT2D eigenvalue weighted by atomic mass is 10.1. The lowest BCUT2D eigenvalue weighted by Crippen LogP contribution is -2.26. The van der Waals surface area contributed by atoms with Gasteiger partial charge in [-0.25, -0.2) is 0 Å². The van der Waals surface area contributed by atoms with Crippen molar-refractivity contribution in [3.63, 3.8) is 0 Å². The van der Waals surface area contributed by atoms with Crippen LogP contribution in [0.25, 0.3) is 10.4 Å². The second-order valence-corrected chi connectivity index (χ2v) is 5.36.